The van der Waals surface area contributed by atoms with Gasteiger partial charge in [-0.05, 0) is 12.0 Å². The molecule has 0 saturated carbocycles. The Bertz CT molecular complexity index is 322. The molecule has 0 saturated heterocycles. The van der Waals surface area contributed by atoms with Gasteiger partial charge in [0.2, 0.25) is 5.91 Å². The van der Waals surface area contributed by atoms with Crippen LogP contribution in [0.25, 0.3) is 0 Å². The summed E-state index contributed by atoms with van der Waals surface area (Å²) in [6, 6.07) is 9.65. The smallest absolute Gasteiger partial charge is 0.226 e. The van der Waals surface area contributed by atoms with Gasteiger partial charge >= 0.3 is 0 Å². The number of nitrogens with two attached hydrogens (primary N) is 1. The first-order chi connectivity index (χ1) is 7.69. The number of rotatable bonds is 6. The lowest BCUT2D eigenvalue weighted by molar-refractivity contribution is -0.155. The molecule has 1 aromatic carbocycles. The number of ether oxygens (including phenoxy) is 2. The fourth-order valence-electron chi connectivity index (χ4n) is 1.62. The lowest BCUT2D eigenvalue weighted by atomic mass is 9.98. The summed E-state index contributed by atoms with van der Waals surface area (Å²) in [4.78, 5) is 11.3. The van der Waals surface area contributed by atoms with Crippen molar-refractivity contribution in [1.29, 1.82) is 0 Å². The Morgan fingerprint density at radius 3 is 2.25 bits per heavy atom. The molecule has 0 aliphatic rings. The highest BCUT2D eigenvalue weighted by Gasteiger charge is 2.26. The lowest BCUT2D eigenvalue weighted by Gasteiger charge is -2.21. The normalized spacial score (nSPS) is 12.7. The molecule has 1 atom stereocenters. The average Bonchev–Trinajstić information content (AvgIpc) is 2.30. The van der Waals surface area contributed by atoms with E-state index in [1.165, 1.54) is 14.2 Å². The molecule has 16 heavy (non-hydrogen) atoms. The van der Waals surface area contributed by atoms with E-state index in [9.17, 15) is 4.79 Å². The van der Waals surface area contributed by atoms with Gasteiger partial charge in [0.05, 0.1) is 5.92 Å². The first kappa shape index (κ1) is 12.7. The van der Waals surface area contributed by atoms with Crippen LogP contribution >= 0.6 is 0 Å². The summed E-state index contributed by atoms with van der Waals surface area (Å²) in [5.74, 6) is -0.894. The molecule has 0 aliphatic carbocycles. The molecule has 0 spiro atoms. The zero-order valence-electron chi connectivity index (χ0n) is 9.55. The number of hydrogen-bond donors (Lipinski definition) is 1. The molecule has 2 N–H and O–H groups in total. The van der Waals surface area contributed by atoms with E-state index in [0.29, 0.717) is 6.42 Å². The molecule has 0 heterocycles. The Hall–Kier alpha value is -1.39. The third kappa shape index (κ3) is 3.32. The highest BCUT2D eigenvalue weighted by Crippen LogP contribution is 2.15. The Kier molecular flexibility index (Phi) is 4.95. The van der Waals surface area contributed by atoms with Gasteiger partial charge in [0.15, 0.2) is 6.29 Å². The van der Waals surface area contributed by atoms with Gasteiger partial charge in [-0.3, -0.25) is 4.79 Å². The van der Waals surface area contributed by atoms with Crippen LogP contribution in [-0.2, 0) is 20.7 Å². The number of carbonyl (C=O) groups excluding carboxylic acids is 1. The van der Waals surface area contributed by atoms with Crippen molar-refractivity contribution in [1.82, 2.24) is 0 Å². The van der Waals surface area contributed by atoms with Gasteiger partial charge in [-0.1, -0.05) is 30.3 Å². The number of methoxy groups -OCH3 is 2. The predicted octanol–water partition coefficient (Wildman–Crippen LogP) is 0.950. The van der Waals surface area contributed by atoms with Gasteiger partial charge in [-0.2, -0.15) is 0 Å². The van der Waals surface area contributed by atoms with E-state index in [1.807, 2.05) is 30.3 Å². The molecular formula is C12H17NO3. The molecule has 88 valence electrons. The summed E-state index contributed by atoms with van der Waals surface area (Å²) in [6.45, 7) is 0. The van der Waals surface area contributed by atoms with Gasteiger partial charge < -0.3 is 15.2 Å². The second kappa shape index (κ2) is 6.25. The Morgan fingerprint density at radius 2 is 1.81 bits per heavy atom. The van der Waals surface area contributed by atoms with Crippen LogP contribution in [0, 0.1) is 5.92 Å². The van der Waals surface area contributed by atoms with Crippen molar-refractivity contribution >= 4 is 5.91 Å². The molecule has 4 heteroatoms. The van der Waals surface area contributed by atoms with Crippen LogP contribution in [0.4, 0.5) is 0 Å². The summed E-state index contributed by atoms with van der Waals surface area (Å²) >= 11 is 0. The van der Waals surface area contributed by atoms with Crippen LogP contribution in [0.1, 0.15) is 5.56 Å². The van der Waals surface area contributed by atoms with E-state index in [4.69, 9.17) is 15.2 Å². The van der Waals surface area contributed by atoms with Crippen molar-refractivity contribution in [2.45, 2.75) is 12.7 Å². The minimum atomic E-state index is -0.599. The van der Waals surface area contributed by atoms with E-state index in [1.54, 1.807) is 0 Å². The minimum absolute atomic E-state index is 0.419. The topological polar surface area (TPSA) is 61.6 Å². The summed E-state index contributed by atoms with van der Waals surface area (Å²) in [7, 11) is 2.99. The zero-order valence-corrected chi connectivity index (χ0v) is 9.55. The molecule has 1 rings (SSSR count). The lowest BCUT2D eigenvalue weighted by Crippen LogP contribution is -2.37. The minimum Gasteiger partial charge on any atom is -0.369 e. The molecule has 0 fully saturated rings. The van der Waals surface area contributed by atoms with Crippen molar-refractivity contribution in [2.75, 3.05) is 14.2 Å². The molecule has 1 unspecified atom stereocenters. The maximum absolute atomic E-state index is 11.3. The number of benzene rings is 1. The molecule has 0 radical (unpaired) electrons. The van der Waals surface area contributed by atoms with Gasteiger partial charge in [-0.25, -0.2) is 0 Å². The van der Waals surface area contributed by atoms with Crippen LogP contribution < -0.4 is 5.73 Å². The van der Waals surface area contributed by atoms with Crippen LogP contribution in [0.2, 0.25) is 0 Å². The largest absolute Gasteiger partial charge is 0.369 e. The Labute approximate surface area is 95.3 Å². The molecule has 0 aromatic heterocycles. The second-order valence-corrected chi connectivity index (χ2v) is 3.54. The Morgan fingerprint density at radius 1 is 1.25 bits per heavy atom. The maximum Gasteiger partial charge on any atom is 0.226 e. The monoisotopic (exact) mass is 223 g/mol. The highest BCUT2D eigenvalue weighted by molar-refractivity contribution is 5.77. The van der Waals surface area contributed by atoms with Crippen molar-refractivity contribution in [3.8, 4) is 0 Å². The van der Waals surface area contributed by atoms with Crippen molar-refractivity contribution in [3.05, 3.63) is 35.9 Å². The van der Waals surface area contributed by atoms with Gasteiger partial charge in [0.1, 0.15) is 0 Å². The highest BCUT2D eigenvalue weighted by atomic mass is 16.7. The first-order valence-corrected chi connectivity index (χ1v) is 5.08. The van der Waals surface area contributed by atoms with E-state index < -0.39 is 18.1 Å². The molecule has 4 nitrogen and oxygen atoms in total. The van der Waals surface area contributed by atoms with E-state index in [0.717, 1.165) is 5.56 Å². The number of hydrogen-bond acceptors (Lipinski definition) is 3. The summed E-state index contributed by atoms with van der Waals surface area (Å²) in [6.07, 6.45) is -0.0830. The summed E-state index contributed by atoms with van der Waals surface area (Å²) in [5, 5.41) is 0. The van der Waals surface area contributed by atoms with Crippen LogP contribution in [0.15, 0.2) is 30.3 Å². The van der Waals surface area contributed by atoms with Crippen molar-refractivity contribution in [3.63, 3.8) is 0 Å². The van der Waals surface area contributed by atoms with Gasteiger partial charge in [0.25, 0.3) is 0 Å². The van der Waals surface area contributed by atoms with Gasteiger partial charge in [0, 0.05) is 14.2 Å². The standard InChI is InChI=1S/C12H17NO3/c1-15-12(16-2)10(11(13)14)8-9-6-4-3-5-7-9/h3-7,10,12H,8H2,1-2H3,(H2,13,14). The van der Waals surface area contributed by atoms with E-state index in [2.05, 4.69) is 0 Å². The number of carbonyl (C=O) groups is 1. The Balaban J connectivity index is 2.76. The quantitative estimate of drug-likeness (QED) is 0.730. The number of amides is 1. The van der Waals surface area contributed by atoms with Crippen molar-refractivity contribution < 1.29 is 14.3 Å². The van der Waals surface area contributed by atoms with E-state index >= 15 is 0 Å². The second-order valence-electron chi connectivity index (χ2n) is 3.54. The first-order valence-electron chi connectivity index (χ1n) is 5.08. The molecule has 0 bridgehead atoms. The average molecular weight is 223 g/mol. The third-order valence-corrected chi connectivity index (χ3v) is 2.46. The molecule has 1 amide bonds. The molecule has 1 aromatic rings. The van der Waals surface area contributed by atoms with Gasteiger partial charge in [-0.15, -0.1) is 0 Å². The summed E-state index contributed by atoms with van der Waals surface area (Å²) < 4.78 is 10.1. The van der Waals surface area contributed by atoms with Crippen LogP contribution in [-0.4, -0.2) is 26.4 Å². The van der Waals surface area contributed by atoms with Crippen LogP contribution in [0.5, 0.6) is 0 Å². The van der Waals surface area contributed by atoms with Crippen LogP contribution in [0.3, 0.4) is 0 Å². The summed E-state index contributed by atoms with van der Waals surface area (Å²) in [5.41, 5.74) is 6.37. The molecular weight excluding hydrogens is 206 g/mol. The predicted molar refractivity (Wildman–Crippen MR) is 60.6 cm³/mol. The van der Waals surface area contributed by atoms with E-state index in [-0.39, 0.29) is 0 Å². The number of primary amides is 1. The fraction of sp³-hybridized carbons (Fsp3) is 0.417. The third-order valence-electron chi connectivity index (χ3n) is 2.46. The zero-order chi connectivity index (χ0) is 12.0. The molecule has 0 aliphatic heterocycles. The van der Waals surface area contributed by atoms with Crippen molar-refractivity contribution in [2.24, 2.45) is 11.7 Å². The SMILES string of the molecule is COC(OC)C(Cc1ccccc1)C(N)=O. The maximum atomic E-state index is 11.3. The fourth-order valence-corrected chi connectivity index (χ4v) is 1.62.